The van der Waals surface area contributed by atoms with Gasteiger partial charge < -0.3 is 14.6 Å². The molecule has 0 heterocycles. The molecule has 1 unspecified atom stereocenters. The molecule has 1 atom stereocenters. The maximum atomic E-state index is 11.0. The second kappa shape index (κ2) is 7.32. The molecule has 0 rings (SSSR count). The molecule has 0 amide bonds. The van der Waals surface area contributed by atoms with E-state index in [2.05, 4.69) is 0 Å². The van der Waals surface area contributed by atoms with Crippen molar-refractivity contribution in [3.63, 3.8) is 0 Å². The molecular formula is C9H16O5. The lowest BCUT2D eigenvalue weighted by molar-refractivity contribution is -0.150. The van der Waals surface area contributed by atoms with E-state index in [9.17, 15) is 9.59 Å². The van der Waals surface area contributed by atoms with Gasteiger partial charge in [-0.3, -0.25) is 9.59 Å². The van der Waals surface area contributed by atoms with Crippen molar-refractivity contribution < 1.29 is 24.2 Å². The number of carbonyl (C=O) groups is 2. The molecule has 0 aliphatic rings. The number of carboxylic acids is 1. The van der Waals surface area contributed by atoms with Gasteiger partial charge in [-0.1, -0.05) is 0 Å². The zero-order chi connectivity index (χ0) is 11.0. The summed E-state index contributed by atoms with van der Waals surface area (Å²) in [4.78, 5) is 21.2. The van der Waals surface area contributed by atoms with Crippen LogP contribution in [0.15, 0.2) is 0 Å². The molecule has 82 valence electrons. The molecule has 0 radical (unpaired) electrons. The number of ether oxygens (including phenoxy) is 2. The number of carboxylic acid groups (broad SMARTS) is 1. The first-order valence-corrected chi connectivity index (χ1v) is 4.46. The summed E-state index contributed by atoms with van der Waals surface area (Å²) in [6.07, 6.45) is 0.166. The first-order chi connectivity index (χ1) is 6.56. The van der Waals surface area contributed by atoms with Gasteiger partial charge in [-0.05, 0) is 13.3 Å². The zero-order valence-corrected chi connectivity index (χ0v) is 8.49. The fourth-order valence-electron chi connectivity index (χ4n) is 0.936. The van der Waals surface area contributed by atoms with Crippen LogP contribution in [0.5, 0.6) is 0 Å². The molecule has 0 aliphatic heterocycles. The normalized spacial score (nSPS) is 12.1. The van der Waals surface area contributed by atoms with E-state index < -0.39 is 5.97 Å². The summed E-state index contributed by atoms with van der Waals surface area (Å²) >= 11 is 0. The van der Waals surface area contributed by atoms with E-state index in [0.717, 1.165) is 0 Å². The topological polar surface area (TPSA) is 72.8 Å². The van der Waals surface area contributed by atoms with Gasteiger partial charge in [-0.2, -0.15) is 0 Å². The van der Waals surface area contributed by atoms with Crippen LogP contribution in [0.4, 0.5) is 0 Å². The smallest absolute Gasteiger partial charge is 0.306 e. The van der Waals surface area contributed by atoms with Crippen LogP contribution in [0.3, 0.4) is 0 Å². The molecule has 0 aromatic carbocycles. The van der Waals surface area contributed by atoms with E-state index in [4.69, 9.17) is 14.6 Å². The summed E-state index contributed by atoms with van der Waals surface area (Å²) < 4.78 is 9.69. The Kier molecular flexibility index (Phi) is 6.74. The van der Waals surface area contributed by atoms with E-state index in [1.54, 1.807) is 6.92 Å². The average molecular weight is 204 g/mol. The van der Waals surface area contributed by atoms with Gasteiger partial charge in [-0.15, -0.1) is 0 Å². The van der Waals surface area contributed by atoms with Crippen molar-refractivity contribution in [2.24, 2.45) is 0 Å². The second-order valence-electron chi connectivity index (χ2n) is 3.00. The van der Waals surface area contributed by atoms with Crippen molar-refractivity contribution in [3.05, 3.63) is 0 Å². The molecule has 0 fully saturated rings. The van der Waals surface area contributed by atoms with Crippen LogP contribution in [0.1, 0.15) is 26.2 Å². The molecular weight excluding hydrogens is 188 g/mol. The highest BCUT2D eigenvalue weighted by atomic mass is 16.6. The molecule has 0 aliphatic carbocycles. The summed E-state index contributed by atoms with van der Waals surface area (Å²) in [5.41, 5.74) is 0. The monoisotopic (exact) mass is 204 g/mol. The van der Waals surface area contributed by atoms with Gasteiger partial charge in [0, 0.05) is 20.0 Å². The molecule has 0 aromatic heterocycles. The van der Waals surface area contributed by atoms with Gasteiger partial charge in [0.05, 0.1) is 6.61 Å². The Hall–Kier alpha value is -1.10. The van der Waals surface area contributed by atoms with Gasteiger partial charge in [0.15, 0.2) is 0 Å². The van der Waals surface area contributed by atoms with Gasteiger partial charge in [0.2, 0.25) is 0 Å². The Morgan fingerprint density at radius 3 is 2.50 bits per heavy atom. The predicted octanol–water partition coefficient (Wildman–Crippen LogP) is 0.819. The second-order valence-corrected chi connectivity index (χ2v) is 3.00. The van der Waals surface area contributed by atoms with Crippen LogP contribution in [-0.2, 0) is 19.1 Å². The minimum absolute atomic E-state index is 0.00619. The largest absolute Gasteiger partial charge is 0.481 e. The molecule has 0 bridgehead atoms. The number of aliphatic carboxylic acids is 1. The van der Waals surface area contributed by atoms with Crippen LogP contribution < -0.4 is 0 Å². The Morgan fingerprint density at radius 1 is 1.36 bits per heavy atom. The minimum atomic E-state index is -0.900. The Labute approximate surface area is 83.0 Å². The molecule has 0 aromatic rings. The van der Waals surface area contributed by atoms with Crippen LogP contribution in [0, 0.1) is 0 Å². The van der Waals surface area contributed by atoms with Gasteiger partial charge in [0.25, 0.3) is 0 Å². The molecule has 0 saturated carbocycles. The SMILES string of the molecule is COCC(C)OC(=O)CCCC(=O)O. The number of carbonyl (C=O) groups excluding carboxylic acids is 1. The van der Waals surface area contributed by atoms with E-state index in [-0.39, 0.29) is 24.9 Å². The summed E-state index contributed by atoms with van der Waals surface area (Å²) in [6.45, 7) is 2.07. The van der Waals surface area contributed by atoms with Crippen LogP contribution in [-0.4, -0.2) is 36.9 Å². The van der Waals surface area contributed by atoms with E-state index in [1.165, 1.54) is 7.11 Å². The molecule has 0 spiro atoms. The quantitative estimate of drug-likeness (QED) is 0.621. The third-order valence-corrected chi connectivity index (χ3v) is 1.51. The fraction of sp³-hybridized carbons (Fsp3) is 0.778. The Balaban J connectivity index is 3.50. The standard InChI is InChI=1S/C9H16O5/c1-7(6-13-2)14-9(12)5-3-4-8(10)11/h7H,3-6H2,1-2H3,(H,10,11). The van der Waals surface area contributed by atoms with Crippen LogP contribution in [0.25, 0.3) is 0 Å². The van der Waals surface area contributed by atoms with Crippen molar-refractivity contribution in [1.82, 2.24) is 0 Å². The summed E-state index contributed by atoms with van der Waals surface area (Å²) in [6, 6.07) is 0. The van der Waals surface area contributed by atoms with Crippen molar-refractivity contribution in [3.8, 4) is 0 Å². The van der Waals surface area contributed by atoms with E-state index >= 15 is 0 Å². The molecule has 5 nitrogen and oxygen atoms in total. The van der Waals surface area contributed by atoms with Gasteiger partial charge in [-0.25, -0.2) is 0 Å². The first kappa shape index (κ1) is 12.9. The molecule has 0 saturated heterocycles. The Bertz CT molecular complexity index is 190. The maximum Gasteiger partial charge on any atom is 0.306 e. The molecule has 14 heavy (non-hydrogen) atoms. The number of hydrogen-bond acceptors (Lipinski definition) is 4. The van der Waals surface area contributed by atoms with Crippen molar-refractivity contribution in [1.29, 1.82) is 0 Å². The highest BCUT2D eigenvalue weighted by molar-refractivity contribution is 5.71. The highest BCUT2D eigenvalue weighted by Gasteiger charge is 2.09. The zero-order valence-electron chi connectivity index (χ0n) is 8.49. The van der Waals surface area contributed by atoms with Gasteiger partial charge in [0.1, 0.15) is 6.10 Å². The number of esters is 1. The van der Waals surface area contributed by atoms with E-state index in [1.807, 2.05) is 0 Å². The third kappa shape index (κ3) is 7.54. The van der Waals surface area contributed by atoms with Crippen molar-refractivity contribution in [2.75, 3.05) is 13.7 Å². The number of methoxy groups -OCH3 is 1. The lowest BCUT2D eigenvalue weighted by Crippen LogP contribution is -2.19. The van der Waals surface area contributed by atoms with Crippen molar-refractivity contribution >= 4 is 11.9 Å². The Morgan fingerprint density at radius 2 is 2.00 bits per heavy atom. The van der Waals surface area contributed by atoms with Crippen LogP contribution in [0.2, 0.25) is 0 Å². The van der Waals surface area contributed by atoms with Crippen LogP contribution >= 0.6 is 0 Å². The third-order valence-electron chi connectivity index (χ3n) is 1.51. The highest BCUT2D eigenvalue weighted by Crippen LogP contribution is 2.00. The number of rotatable bonds is 7. The lowest BCUT2D eigenvalue weighted by Gasteiger charge is -2.11. The minimum Gasteiger partial charge on any atom is -0.481 e. The lowest BCUT2D eigenvalue weighted by atomic mass is 10.2. The maximum absolute atomic E-state index is 11.0. The molecule has 1 N–H and O–H groups in total. The summed E-state index contributed by atoms with van der Waals surface area (Å²) in [5.74, 6) is -1.28. The number of hydrogen-bond donors (Lipinski definition) is 1. The van der Waals surface area contributed by atoms with E-state index in [0.29, 0.717) is 13.0 Å². The average Bonchev–Trinajstić information content (AvgIpc) is 2.03. The fourth-order valence-corrected chi connectivity index (χ4v) is 0.936. The summed E-state index contributed by atoms with van der Waals surface area (Å²) in [5, 5.41) is 8.32. The first-order valence-electron chi connectivity index (χ1n) is 4.46. The van der Waals surface area contributed by atoms with Crippen molar-refractivity contribution in [2.45, 2.75) is 32.3 Å². The van der Waals surface area contributed by atoms with Gasteiger partial charge >= 0.3 is 11.9 Å². The predicted molar refractivity (Wildman–Crippen MR) is 48.9 cm³/mol. The summed E-state index contributed by atoms with van der Waals surface area (Å²) in [7, 11) is 1.52. The molecule has 5 heteroatoms.